The van der Waals surface area contributed by atoms with Gasteiger partial charge in [0.15, 0.2) is 11.6 Å². The van der Waals surface area contributed by atoms with E-state index in [0.29, 0.717) is 58.5 Å². The summed E-state index contributed by atoms with van der Waals surface area (Å²) in [5.74, 6) is -2.93. The summed E-state index contributed by atoms with van der Waals surface area (Å²) in [4.78, 5) is 78.3. The van der Waals surface area contributed by atoms with Crippen LogP contribution in [0, 0.1) is 13.8 Å². The molecule has 0 heterocycles. The summed E-state index contributed by atoms with van der Waals surface area (Å²) in [5.41, 5.74) is 5.20. The summed E-state index contributed by atoms with van der Waals surface area (Å²) in [7, 11) is 0. The standard InChI is InChI=1S/C46H42Cl4N8O6/c1-25-26(2)40(54-46(64)42(28(4)60)58-56-34-12-14-38(50)36(24-34)44(62)52-32-10-6-8-30(22-32)18-20-48)16-15-39(25)53-45(63)41(27(3)59)57-55-33-11-13-37(49)35(23-33)43(61)51-31-9-5-7-29(21-31)17-19-47/h5-16,21-24,41-42H,17-20H2,1-4H3,(H,51,61)(H,52,62)(H,53,63)(H,54,64). The molecule has 0 aliphatic carbocycles. The Labute approximate surface area is 389 Å². The van der Waals surface area contributed by atoms with Crippen LogP contribution in [0.2, 0.25) is 10.0 Å². The summed E-state index contributed by atoms with van der Waals surface area (Å²) in [6.07, 6.45) is 1.25. The predicted octanol–water partition coefficient (Wildman–Crippen LogP) is 11.0. The van der Waals surface area contributed by atoms with Gasteiger partial charge >= 0.3 is 0 Å². The van der Waals surface area contributed by atoms with E-state index < -0.39 is 47.3 Å². The zero-order chi connectivity index (χ0) is 46.5. The van der Waals surface area contributed by atoms with Gasteiger partial charge in [-0.25, -0.2) is 0 Å². The molecule has 330 valence electrons. The number of hydrogen-bond donors (Lipinski definition) is 4. The van der Waals surface area contributed by atoms with Crippen molar-refractivity contribution in [2.75, 3.05) is 33.0 Å². The topological polar surface area (TPSA) is 200 Å². The molecule has 0 saturated carbocycles. The third-order valence-electron chi connectivity index (χ3n) is 9.67. The number of azo groups is 2. The van der Waals surface area contributed by atoms with Crippen LogP contribution in [0.5, 0.6) is 0 Å². The van der Waals surface area contributed by atoms with Gasteiger partial charge in [-0.15, -0.1) is 23.2 Å². The van der Waals surface area contributed by atoms with Gasteiger partial charge in [-0.05, 0) is 136 Å². The Kier molecular flexibility index (Phi) is 17.4. The average Bonchev–Trinajstić information content (AvgIpc) is 3.25. The molecule has 14 nitrogen and oxygen atoms in total. The number of carbonyl (C=O) groups is 6. The van der Waals surface area contributed by atoms with Gasteiger partial charge in [0, 0.05) is 34.5 Å². The van der Waals surface area contributed by atoms with E-state index in [1.807, 2.05) is 12.1 Å². The third-order valence-corrected chi connectivity index (χ3v) is 10.7. The first-order chi connectivity index (χ1) is 30.6. The zero-order valence-electron chi connectivity index (χ0n) is 35.0. The molecule has 4 amide bonds. The minimum Gasteiger partial charge on any atom is -0.324 e. The maximum atomic E-state index is 13.4. The molecule has 2 atom stereocenters. The Morgan fingerprint density at radius 1 is 0.531 bits per heavy atom. The number of alkyl halides is 2. The second-order valence-corrected chi connectivity index (χ2v) is 15.9. The van der Waals surface area contributed by atoms with Gasteiger partial charge in [0.05, 0.1) is 32.5 Å². The van der Waals surface area contributed by atoms with E-state index in [-0.39, 0.29) is 32.5 Å². The molecule has 0 saturated heterocycles. The van der Waals surface area contributed by atoms with Gasteiger partial charge in [0.2, 0.25) is 12.1 Å². The maximum absolute atomic E-state index is 13.4. The minimum absolute atomic E-state index is 0.0964. The van der Waals surface area contributed by atoms with Crippen molar-refractivity contribution in [1.82, 2.24) is 0 Å². The Morgan fingerprint density at radius 3 is 1.28 bits per heavy atom. The molecular formula is C46H42Cl4N8O6. The van der Waals surface area contributed by atoms with Crippen molar-refractivity contribution >= 4 is 116 Å². The van der Waals surface area contributed by atoms with Crippen molar-refractivity contribution in [3.05, 3.63) is 140 Å². The summed E-state index contributed by atoms with van der Waals surface area (Å²) >= 11 is 24.4. The number of rotatable bonds is 18. The highest BCUT2D eigenvalue weighted by molar-refractivity contribution is 6.35. The van der Waals surface area contributed by atoms with Gasteiger partial charge in [0.25, 0.3) is 23.6 Å². The summed E-state index contributed by atoms with van der Waals surface area (Å²) in [6.45, 7) is 5.75. The Bertz CT molecular complexity index is 2490. The van der Waals surface area contributed by atoms with Crippen LogP contribution in [0.25, 0.3) is 0 Å². The lowest BCUT2D eigenvalue weighted by Crippen LogP contribution is -2.33. The first-order valence-electron chi connectivity index (χ1n) is 19.6. The molecular weight excluding hydrogens is 902 g/mol. The number of nitrogens with one attached hydrogen (secondary N) is 4. The smallest absolute Gasteiger partial charge is 0.258 e. The van der Waals surface area contributed by atoms with Crippen LogP contribution >= 0.6 is 46.4 Å². The van der Waals surface area contributed by atoms with Crippen LogP contribution in [0.15, 0.2) is 118 Å². The highest BCUT2D eigenvalue weighted by Gasteiger charge is 2.27. The van der Waals surface area contributed by atoms with Gasteiger partial charge in [0.1, 0.15) is 0 Å². The van der Waals surface area contributed by atoms with Crippen molar-refractivity contribution < 1.29 is 28.8 Å². The minimum atomic E-state index is -1.55. The Morgan fingerprint density at radius 2 is 0.922 bits per heavy atom. The van der Waals surface area contributed by atoms with Crippen molar-refractivity contribution in [2.24, 2.45) is 20.5 Å². The van der Waals surface area contributed by atoms with Crippen molar-refractivity contribution in [2.45, 2.75) is 52.6 Å². The zero-order valence-corrected chi connectivity index (χ0v) is 38.0. The van der Waals surface area contributed by atoms with Crippen LogP contribution in [0.1, 0.15) is 56.8 Å². The van der Waals surface area contributed by atoms with E-state index in [2.05, 4.69) is 41.7 Å². The molecule has 4 N–H and O–H groups in total. The van der Waals surface area contributed by atoms with E-state index >= 15 is 0 Å². The lowest BCUT2D eigenvalue weighted by Gasteiger charge is -2.17. The number of Topliss-reactive ketones (excluding diaryl/α,β-unsaturated/α-hetero) is 2. The normalized spacial score (nSPS) is 12.1. The second-order valence-electron chi connectivity index (χ2n) is 14.4. The van der Waals surface area contributed by atoms with Crippen LogP contribution in [0.3, 0.4) is 0 Å². The molecule has 0 radical (unpaired) electrons. The highest BCUT2D eigenvalue weighted by atomic mass is 35.5. The number of amides is 4. The average molecular weight is 945 g/mol. The van der Waals surface area contributed by atoms with Crippen molar-refractivity contribution in [3.8, 4) is 0 Å². The molecule has 0 fully saturated rings. The monoisotopic (exact) mass is 942 g/mol. The number of ketones is 2. The molecule has 0 aromatic heterocycles. The molecule has 18 heteroatoms. The van der Waals surface area contributed by atoms with Crippen LogP contribution in [0.4, 0.5) is 34.1 Å². The molecule has 0 spiro atoms. The third kappa shape index (κ3) is 13.1. The molecule has 5 aromatic rings. The van der Waals surface area contributed by atoms with E-state index in [1.165, 1.54) is 62.4 Å². The Balaban J connectivity index is 1.25. The molecule has 0 bridgehead atoms. The number of aryl methyl sites for hydroxylation is 2. The molecule has 64 heavy (non-hydrogen) atoms. The van der Waals surface area contributed by atoms with Gasteiger partial charge in [-0.3, -0.25) is 28.8 Å². The molecule has 2 unspecified atom stereocenters. The lowest BCUT2D eigenvalue weighted by molar-refractivity contribution is -0.127. The lowest BCUT2D eigenvalue weighted by atomic mass is 10.0. The van der Waals surface area contributed by atoms with E-state index in [9.17, 15) is 28.8 Å². The van der Waals surface area contributed by atoms with Crippen LogP contribution < -0.4 is 21.3 Å². The first kappa shape index (κ1) is 48.7. The largest absolute Gasteiger partial charge is 0.324 e. The number of halogens is 4. The number of carbonyl (C=O) groups excluding carboxylic acids is 6. The Hall–Kier alpha value is -6.32. The fraction of sp³-hybridized carbons (Fsp3) is 0.217. The maximum Gasteiger partial charge on any atom is 0.258 e. The molecule has 5 rings (SSSR count). The second kappa shape index (κ2) is 22.9. The van der Waals surface area contributed by atoms with Crippen molar-refractivity contribution in [3.63, 3.8) is 0 Å². The number of benzene rings is 5. The first-order valence-corrected chi connectivity index (χ1v) is 21.5. The quantitative estimate of drug-likeness (QED) is 0.0382. The van der Waals surface area contributed by atoms with Gasteiger partial charge in [-0.2, -0.15) is 20.5 Å². The van der Waals surface area contributed by atoms with E-state index in [4.69, 9.17) is 46.4 Å². The predicted molar refractivity (Wildman–Crippen MR) is 252 cm³/mol. The van der Waals surface area contributed by atoms with Crippen molar-refractivity contribution in [1.29, 1.82) is 0 Å². The molecule has 0 aliphatic rings. The van der Waals surface area contributed by atoms with Gasteiger partial charge < -0.3 is 21.3 Å². The summed E-state index contributed by atoms with van der Waals surface area (Å²) in [5, 5.41) is 27.4. The SMILES string of the molecule is CC(=O)C(N=Nc1ccc(Cl)c(C(=O)Nc2cccc(CCCl)c2)c1)C(=O)Nc1ccc(NC(=O)C(N=Nc2ccc(Cl)c(C(=O)Nc3cccc(CCCl)c3)c2)C(C)=O)c(C)c1C. The number of hydrogen-bond acceptors (Lipinski definition) is 10. The van der Waals surface area contributed by atoms with Crippen LogP contribution in [-0.2, 0) is 32.0 Å². The van der Waals surface area contributed by atoms with Gasteiger partial charge in [-0.1, -0.05) is 47.5 Å². The van der Waals surface area contributed by atoms with E-state index in [0.717, 1.165) is 11.1 Å². The number of nitrogens with zero attached hydrogens (tertiary/aromatic N) is 4. The number of anilines is 4. The van der Waals surface area contributed by atoms with Crippen LogP contribution in [-0.4, -0.2) is 59.0 Å². The fourth-order valence-corrected chi connectivity index (χ4v) is 6.95. The molecule has 0 aliphatic heterocycles. The van der Waals surface area contributed by atoms with E-state index in [1.54, 1.807) is 50.2 Å². The summed E-state index contributed by atoms with van der Waals surface area (Å²) < 4.78 is 0. The fourth-order valence-electron chi connectivity index (χ4n) is 6.10. The molecule has 5 aromatic carbocycles. The highest BCUT2D eigenvalue weighted by Crippen LogP contribution is 2.29. The summed E-state index contributed by atoms with van der Waals surface area (Å²) in [6, 6.07) is 23.0.